The molecule has 2 nitrogen and oxygen atoms in total. The number of benzene rings is 2. The lowest BCUT2D eigenvalue weighted by Crippen LogP contribution is -2.06. The molecule has 0 unspecified atom stereocenters. The van der Waals surface area contributed by atoms with Crippen molar-refractivity contribution in [2.75, 3.05) is 13.2 Å². The number of halogens is 2. The number of para-hydroxylation sites is 1. The highest BCUT2D eigenvalue weighted by Gasteiger charge is 2.06. The molecule has 0 saturated heterocycles. The van der Waals surface area contributed by atoms with Crippen molar-refractivity contribution in [3.8, 4) is 11.5 Å². The highest BCUT2D eigenvalue weighted by Crippen LogP contribution is 2.28. The minimum atomic E-state index is 0.604. The Morgan fingerprint density at radius 3 is 2.40 bits per heavy atom. The van der Waals surface area contributed by atoms with Gasteiger partial charge in [0.05, 0.1) is 13.2 Å². The zero-order valence-electron chi connectivity index (χ0n) is 11.0. The van der Waals surface area contributed by atoms with E-state index in [4.69, 9.17) is 21.1 Å². The van der Waals surface area contributed by atoms with Crippen LogP contribution in [0.25, 0.3) is 0 Å². The van der Waals surface area contributed by atoms with E-state index in [1.165, 1.54) is 0 Å². The van der Waals surface area contributed by atoms with Crippen molar-refractivity contribution in [3.05, 3.63) is 59.1 Å². The lowest BCUT2D eigenvalue weighted by Gasteiger charge is -2.11. The Balaban J connectivity index is 1.75. The number of hydrogen-bond donors (Lipinski definition) is 0. The summed E-state index contributed by atoms with van der Waals surface area (Å²) in [4.78, 5) is 0. The van der Waals surface area contributed by atoms with E-state index in [1.807, 2.05) is 48.5 Å². The molecule has 2 rings (SSSR count). The normalized spacial score (nSPS) is 10.3. The van der Waals surface area contributed by atoms with Gasteiger partial charge in [-0.05, 0) is 24.3 Å². The van der Waals surface area contributed by atoms with Gasteiger partial charge in [-0.25, -0.2) is 0 Å². The molecular formula is C16H16BrClO2. The Hall–Kier alpha value is -1.19. The largest absolute Gasteiger partial charge is 0.493 e. The minimum absolute atomic E-state index is 0.604. The fraction of sp³-hybridized carbons (Fsp3) is 0.250. The van der Waals surface area contributed by atoms with Gasteiger partial charge in [0.2, 0.25) is 0 Å². The number of alkyl halides is 1. The molecule has 0 bridgehead atoms. The average molecular weight is 356 g/mol. The van der Waals surface area contributed by atoms with Crippen LogP contribution >= 0.6 is 27.5 Å². The molecule has 0 aliphatic carbocycles. The summed E-state index contributed by atoms with van der Waals surface area (Å²) >= 11 is 9.54. The van der Waals surface area contributed by atoms with Gasteiger partial charge in [-0.15, -0.1) is 0 Å². The number of rotatable bonds is 7. The van der Waals surface area contributed by atoms with Crippen LogP contribution in [0, 0.1) is 0 Å². The Bertz CT molecular complexity index is 531. The molecule has 0 aliphatic heterocycles. The van der Waals surface area contributed by atoms with Crippen LogP contribution in [0.3, 0.4) is 0 Å². The van der Waals surface area contributed by atoms with Gasteiger partial charge in [-0.2, -0.15) is 0 Å². The Kier molecular flexibility index (Phi) is 6.22. The van der Waals surface area contributed by atoms with Crippen LogP contribution < -0.4 is 9.47 Å². The second kappa shape index (κ2) is 8.18. The Labute approximate surface area is 132 Å². The predicted octanol–water partition coefficient (Wildman–Crippen LogP) is 5.08. The molecule has 0 aliphatic rings. The van der Waals surface area contributed by atoms with E-state index in [0.29, 0.717) is 18.5 Å². The Morgan fingerprint density at radius 2 is 1.65 bits per heavy atom. The first-order chi connectivity index (χ1) is 9.81. The molecule has 20 heavy (non-hydrogen) atoms. The zero-order chi connectivity index (χ0) is 14.2. The summed E-state index contributed by atoms with van der Waals surface area (Å²) in [5.74, 6) is 1.71. The van der Waals surface area contributed by atoms with E-state index in [0.717, 1.165) is 28.5 Å². The van der Waals surface area contributed by atoms with Crippen LogP contribution in [0.1, 0.15) is 12.0 Å². The van der Waals surface area contributed by atoms with E-state index in [1.54, 1.807) is 0 Å². The predicted molar refractivity (Wildman–Crippen MR) is 86.1 cm³/mol. The van der Waals surface area contributed by atoms with Crippen molar-refractivity contribution < 1.29 is 9.47 Å². The third-order valence-electron chi connectivity index (χ3n) is 2.77. The molecule has 0 atom stereocenters. The van der Waals surface area contributed by atoms with Crippen LogP contribution in [0.4, 0.5) is 0 Å². The van der Waals surface area contributed by atoms with Crippen LogP contribution in [-0.2, 0) is 5.33 Å². The van der Waals surface area contributed by atoms with Crippen LogP contribution in [0.15, 0.2) is 48.5 Å². The number of hydrogen-bond acceptors (Lipinski definition) is 2. The van der Waals surface area contributed by atoms with E-state index in [2.05, 4.69) is 15.9 Å². The maximum Gasteiger partial charge on any atom is 0.124 e. The van der Waals surface area contributed by atoms with Crippen molar-refractivity contribution in [2.45, 2.75) is 11.8 Å². The van der Waals surface area contributed by atoms with Gasteiger partial charge in [0, 0.05) is 22.3 Å². The van der Waals surface area contributed by atoms with Crippen LogP contribution in [-0.4, -0.2) is 13.2 Å². The third-order valence-corrected chi connectivity index (χ3v) is 3.68. The summed E-state index contributed by atoms with van der Waals surface area (Å²) in [7, 11) is 0. The standard InChI is InChI=1S/C16H16BrClO2/c17-12-14-15(18)8-4-9-16(14)20-11-5-10-19-13-6-2-1-3-7-13/h1-4,6-9H,5,10-12H2. The molecule has 2 aromatic carbocycles. The minimum Gasteiger partial charge on any atom is -0.493 e. The fourth-order valence-corrected chi connectivity index (χ4v) is 2.72. The fourth-order valence-electron chi connectivity index (χ4n) is 1.75. The van der Waals surface area contributed by atoms with Crippen molar-refractivity contribution in [1.82, 2.24) is 0 Å². The summed E-state index contributed by atoms with van der Waals surface area (Å²) in [5.41, 5.74) is 0.984. The molecule has 2 aromatic rings. The SMILES string of the molecule is Clc1cccc(OCCCOc2ccccc2)c1CBr. The number of ether oxygens (including phenoxy) is 2. The zero-order valence-corrected chi connectivity index (χ0v) is 13.4. The highest BCUT2D eigenvalue weighted by atomic mass is 79.9. The second-order valence-electron chi connectivity index (χ2n) is 4.21. The van der Waals surface area contributed by atoms with Crippen molar-refractivity contribution in [2.24, 2.45) is 0 Å². The lowest BCUT2D eigenvalue weighted by molar-refractivity contribution is 0.246. The van der Waals surface area contributed by atoms with Gasteiger partial charge in [0.25, 0.3) is 0 Å². The summed E-state index contributed by atoms with van der Waals surface area (Å²) in [5, 5.41) is 1.41. The molecule has 0 spiro atoms. The summed E-state index contributed by atoms with van der Waals surface area (Å²) in [6.07, 6.45) is 0.823. The molecule has 0 saturated carbocycles. The smallest absolute Gasteiger partial charge is 0.124 e. The molecule has 0 amide bonds. The Morgan fingerprint density at radius 1 is 0.900 bits per heavy atom. The van der Waals surface area contributed by atoms with Crippen LogP contribution in [0.2, 0.25) is 5.02 Å². The monoisotopic (exact) mass is 354 g/mol. The van der Waals surface area contributed by atoms with Gasteiger partial charge in [-0.3, -0.25) is 0 Å². The molecule has 0 heterocycles. The van der Waals surface area contributed by atoms with Crippen molar-refractivity contribution in [3.63, 3.8) is 0 Å². The first kappa shape index (κ1) is 15.2. The summed E-state index contributed by atoms with van der Waals surface area (Å²) in [6, 6.07) is 15.5. The third kappa shape index (κ3) is 4.43. The van der Waals surface area contributed by atoms with Gasteiger partial charge >= 0.3 is 0 Å². The van der Waals surface area contributed by atoms with E-state index < -0.39 is 0 Å². The van der Waals surface area contributed by atoms with E-state index >= 15 is 0 Å². The lowest BCUT2D eigenvalue weighted by atomic mass is 10.2. The maximum absolute atomic E-state index is 6.11. The van der Waals surface area contributed by atoms with Gasteiger partial charge in [0.15, 0.2) is 0 Å². The average Bonchev–Trinajstić information content (AvgIpc) is 2.48. The van der Waals surface area contributed by atoms with Gasteiger partial charge in [-0.1, -0.05) is 51.8 Å². The van der Waals surface area contributed by atoms with E-state index in [-0.39, 0.29) is 0 Å². The first-order valence-corrected chi connectivity index (χ1v) is 7.95. The van der Waals surface area contributed by atoms with Gasteiger partial charge in [0.1, 0.15) is 11.5 Å². The van der Waals surface area contributed by atoms with Gasteiger partial charge < -0.3 is 9.47 Å². The molecule has 0 radical (unpaired) electrons. The highest BCUT2D eigenvalue weighted by molar-refractivity contribution is 9.08. The van der Waals surface area contributed by atoms with E-state index in [9.17, 15) is 0 Å². The molecular weight excluding hydrogens is 340 g/mol. The molecule has 106 valence electrons. The maximum atomic E-state index is 6.11. The topological polar surface area (TPSA) is 18.5 Å². The molecule has 4 heteroatoms. The second-order valence-corrected chi connectivity index (χ2v) is 5.18. The first-order valence-electron chi connectivity index (χ1n) is 6.45. The molecule has 0 aromatic heterocycles. The summed E-state index contributed by atoms with van der Waals surface area (Å²) < 4.78 is 11.4. The molecule has 0 fully saturated rings. The molecule has 0 N–H and O–H groups in total. The van der Waals surface area contributed by atoms with Crippen LogP contribution in [0.5, 0.6) is 11.5 Å². The van der Waals surface area contributed by atoms with Crippen molar-refractivity contribution in [1.29, 1.82) is 0 Å². The summed E-state index contributed by atoms with van der Waals surface area (Å²) in [6.45, 7) is 1.24. The van der Waals surface area contributed by atoms with Crippen molar-refractivity contribution >= 4 is 27.5 Å². The quantitative estimate of drug-likeness (QED) is 0.509.